The second-order valence-electron chi connectivity index (χ2n) is 5.09. The number of hydrogen-bond donors (Lipinski definition) is 1. The molecule has 0 spiro atoms. The second kappa shape index (κ2) is 6.46. The summed E-state index contributed by atoms with van der Waals surface area (Å²) in [5.74, 6) is -1.62. The average Bonchev–Trinajstić information content (AvgIpc) is 3.27. The molecule has 0 amide bonds. The van der Waals surface area contributed by atoms with E-state index in [1.54, 1.807) is 6.07 Å². The Bertz CT molecular complexity index is 659. The highest BCUT2D eigenvalue weighted by Gasteiger charge is 2.20. The van der Waals surface area contributed by atoms with Crippen LogP contribution in [0.5, 0.6) is 0 Å². The molecule has 0 atom stereocenters. The summed E-state index contributed by atoms with van der Waals surface area (Å²) in [6.45, 7) is 0.788. The van der Waals surface area contributed by atoms with E-state index in [-0.39, 0.29) is 0 Å². The van der Waals surface area contributed by atoms with Crippen molar-refractivity contribution in [1.29, 1.82) is 0 Å². The molecular weight excluding hydrogens is 356 g/mol. The summed E-state index contributed by atoms with van der Waals surface area (Å²) >= 11 is 4.93. The van der Waals surface area contributed by atoms with Crippen molar-refractivity contribution in [1.82, 2.24) is 5.32 Å². The summed E-state index contributed by atoms with van der Waals surface area (Å²) in [6.07, 6.45) is 2.47. The van der Waals surface area contributed by atoms with Gasteiger partial charge in [0.15, 0.2) is 11.6 Å². The first-order chi connectivity index (χ1) is 10.1. The van der Waals surface area contributed by atoms with E-state index in [0.29, 0.717) is 10.9 Å². The van der Waals surface area contributed by atoms with E-state index in [0.717, 1.165) is 21.5 Å². The predicted molar refractivity (Wildman–Crippen MR) is 84.5 cm³/mol. The van der Waals surface area contributed by atoms with Gasteiger partial charge in [-0.3, -0.25) is 0 Å². The Morgan fingerprint density at radius 3 is 2.62 bits per heavy atom. The van der Waals surface area contributed by atoms with Crippen LogP contribution in [-0.4, -0.2) is 6.04 Å². The Balaban J connectivity index is 1.80. The number of benzene rings is 2. The molecule has 1 aliphatic carbocycles. The van der Waals surface area contributed by atoms with Crippen LogP contribution in [0.25, 0.3) is 0 Å². The van der Waals surface area contributed by atoms with Gasteiger partial charge in [-0.05, 0) is 54.8 Å². The van der Waals surface area contributed by atoms with Gasteiger partial charge in [-0.25, -0.2) is 8.78 Å². The van der Waals surface area contributed by atoms with Gasteiger partial charge in [0, 0.05) is 26.9 Å². The maximum absolute atomic E-state index is 13.3. The summed E-state index contributed by atoms with van der Waals surface area (Å²) in [7, 11) is 0. The normalized spacial score (nSPS) is 14.4. The lowest BCUT2D eigenvalue weighted by molar-refractivity contribution is 0.506. The number of halogens is 3. The van der Waals surface area contributed by atoms with E-state index < -0.39 is 11.6 Å². The van der Waals surface area contributed by atoms with Crippen LogP contribution in [0.15, 0.2) is 50.7 Å². The van der Waals surface area contributed by atoms with E-state index in [4.69, 9.17) is 0 Å². The minimum absolute atomic E-state index is 0.630. The fourth-order valence-electron chi connectivity index (χ4n) is 1.99. The van der Waals surface area contributed by atoms with Crippen molar-refractivity contribution < 1.29 is 8.78 Å². The highest BCUT2D eigenvalue weighted by atomic mass is 79.9. The van der Waals surface area contributed by atoms with Crippen molar-refractivity contribution in [2.24, 2.45) is 0 Å². The number of rotatable bonds is 5. The van der Waals surface area contributed by atoms with Crippen LogP contribution in [0, 0.1) is 11.6 Å². The molecule has 1 nitrogen and oxygen atoms in total. The van der Waals surface area contributed by atoms with Crippen molar-refractivity contribution in [3.63, 3.8) is 0 Å². The fourth-order valence-corrected chi connectivity index (χ4v) is 3.35. The van der Waals surface area contributed by atoms with E-state index in [2.05, 4.69) is 27.3 Å². The molecule has 0 unspecified atom stereocenters. The summed E-state index contributed by atoms with van der Waals surface area (Å²) < 4.78 is 27.3. The number of nitrogens with one attached hydrogen (secondary N) is 1. The molecule has 1 saturated carbocycles. The Morgan fingerprint density at radius 1 is 1.10 bits per heavy atom. The van der Waals surface area contributed by atoms with E-state index in [1.165, 1.54) is 36.7 Å². The molecule has 21 heavy (non-hydrogen) atoms. The first-order valence-electron chi connectivity index (χ1n) is 6.76. The minimum atomic E-state index is -0.814. The molecule has 5 heteroatoms. The lowest BCUT2D eigenvalue weighted by Gasteiger charge is -2.11. The smallest absolute Gasteiger partial charge is 0.159 e. The molecule has 110 valence electrons. The third kappa shape index (κ3) is 4.05. The lowest BCUT2D eigenvalue weighted by atomic mass is 10.2. The standard InChI is InChI=1S/C16H14BrF2NS/c17-11-1-6-16(10(7-11)9-20-12-2-3-12)21-13-4-5-14(18)15(19)8-13/h1,4-8,12,20H,2-3,9H2. The zero-order valence-corrected chi connectivity index (χ0v) is 13.6. The van der Waals surface area contributed by atoms with Crippen molar-refractivity contribution >= 4 is 27.7 Å². The van der Waals surface area contributed by atoms with Gasteiger partial charge in [0.05, 0.1) is 0 Å². The first-order valence-corrected chi connectivity index (χ1v) is 8.37. The number of hydrogen-bond acceptors (Lipinski definition) is 2. The maximum atomic E-state index is 13.3. The quantitative estimate of drug-likeness (QED) is 0.783. The largest absolute Gasteiger partial charge is 0.310 e. The molecule has 2 aromatic rings. The molecule has 0 aromatic heterocycles. The van der Waals surface area contributed by atoms with Crippen LogP contribution in [-0.2, 0) is 6.54 Å². The van der Waals surface area contributed by atoms with Gasteiger partial charge in [0.2, 0.25) is 0 Å². The Morgan fingerprint density at radius 2 is 1.90 bits per heavy atom. The van der Waals surface area contributed by atoms with E-state index >= 15 is 0 Å². The highest BCUT2D eigenvalue weighted by Crippen LogP contribution is 2.33. The van der Waals surface area contributed by atoms with Crippen molar-refractivity contribution in [2.75, 3.05) is 0 Å². The molecule has 0 bridgehead atoms. The maximum Gasteiger partial charge on any atom is 0.159 e. The monoisotopic (exact) mass is 369 g/mol. The summed E-state index contributed by atoms with van der Waals surface area (Å²) in [5.41, 5.74) is 1.16. The van der Waals surface area contributed by atoms with Gasteiger partial charge in [-0.2, -0.15) is 0 Å². The summed E-state index contributed by atoms with van der Waals surface area (Å²) in [4.78, 5) is 1.75. The Kier molecular flexibility index (Phi) is 4.62. The molecule has 1 fully saturated rings. The molecule has 0 radical (unpaired) electrons. The average molecular weight is 370 g/mol. The Labute approximate surface area is 135 Å². The first kappa shape index (κ1) is 15.0. The predicted octanol–water partition coefficient (Wildman–Crippen LogP) is 5.13. The van der Waals surface area contributed by atoms with Gasteiger partial charge >= 0.3 is 0 Å². The molecule has 0 saturated heterocycles. The summed E-state index contributed by atoms with van der Waals surface area (Å²) in [5, 5.41) is 3.48. The Hall–Kier alpha value is -0.910. The third-order valence-corrected chi connectivity index (χ3v) is 4.90. The fraction of sp³-hybridized carbons (Fsp3) is 0.250. The van der Waals surface area contributed by atoms with Crippen LogP contribution in [0.4, 0.5) is 8.78 Å². The minimum Gasteiger partial charge on any atom is -0.310 e. The summed E-state index contributed by atoms with van der Waals surface area (Å²) in [6, 6.07) is 10.7. The van der Waals surface area contributed by atoms with Crippen LogP contribution in [0.1, 0.15) is 18.4 Å². The topological polar surface area (TPSA) is 12.0 Å². The van der Waals surface area contributed by atoms with Gasteiger partial charge < -0.3 is 5.32 Å². The van der Waals surface area contributed by atoms with Crippen LogP contribution in [0.2, 0.25) is 0 Å². The zero-order valence-electron chi connectivity index (χ0n) is 11.2. The molecular formula is C16H14BrF2NS. The molecule has 0 heterocycles. The van der Waals surface area contributed by atoms with Crippen molar-refractivity contribution in [3.05, 3.63) is 58.1 Å². The highest BCUT2D eigenvalue weighted by molar-refractivity contribution is 9.10. The van der Waals surface area contributed by atoms with Gasteiger partial charge in [0.1, 0.15) is 0 Å². The van der Waals surface area contributed by atoms with Crippen LogP contribution >= 0.6 is 27.7 Å². The lowest BCUT2D eigenvalue weighted by Crippen LogP contribution is -2.15. The zero-order chi connectivity index (χ0) is 14.8. The van der Waals surface area contributed by atoms with Crippen molar-refractivity contribution in [3.8, 4) is 0 Å². The van der Waals surface area contributed by atoms with Gasteiger partial charge in [-0.15, -0.1) is 0 Å². The van der Waals surface area contributed by atoms with E-state index in [9.17, 15) is 8.78 Å². The molecule has 2 aromatic carbocycles. The molecule has 1 aliphatic rings. The van der Waals surface area contributed by atoms with Crippen LogP contribution < -0.4 is 5.32 Å². The van der Waals surface area contributed by atoms with Crippen molar-refractivity contribution in [2.45, 2.75) is 35.2 Å². The van der Waals surface area contributed by atoms with Gasteiger partial charge in [0.25, 0.3) is 0 Å². The molecule has 1 N–H and O–H groups in total. The van der Waals surface area contributed by atoms with Gasteiger partial charge in [-0.1, -0.05) is 27.7 Å². The van der Waals surface area contributed by atoms with E-state index in [1.807, 2.05) is 12.1 Å². The third-order valence-electron chi connectivity index (χ3n) is 3.30. The second-order valence-corrected chi connectivity index (χ2v) is 7.12. The molecule has 0 aliphatic heterocycles. The van der Waals surface area contributed by atoms with Crippen LogP contribution in [0.3, 0.4) is 0 Å². The molecule has 3 rings (SSSR count). The SMILES string of the molecule is Fc1ccc(Sc2ccc(Br)cc2CNC2CC2)cc1F.